The molecule has 64 valence electrons. The van der Waals surface area contributed by atoms with Gasteiger partial charge in [0.05, 0.1) is 0 Å². The predicted octanol–water partition coefficient (Wildman–Crippen LogP) is 2.38. The second-order valence-electron chi connectivity index (χ2n) is 3.59. The summed E-state index contributed by atoms with van der Waals surface area (Å²) in [7, 11) is 0. The van der Waals surface area contributed by atoms with Crippen LogP contribution in [0.25, 0.3) is 0 Å². The smallest absolute Gasteiger partial charge is 0.225 e. The highest BCUT2D eigenvalue weighted by Gasteiger charge is 2.45. The molecule has 0 aromatic heterocycles. The minimum absolute atomic E-state index is 0.000772. The Kier molecular flexibility index (Phi) is 1.84. The molecule has 0 radical (unpaired) electrons. The summed E-state index contributed by atoms with van der Waals surface area (Å²) in [4.78, 5) is 11.1. The first-order valence-corrected chi connectivity index (χ1v) is 4.62. The lowest BCUT2D eigenvalue weighted by molar-refractivity contribution is -0.116. The van der Waals surface area contributed by atoms with Crippen LogP contribution in [-0.4, -0.2) is 5.24 Å². The first-order chi connectivity index (χ1) is 5.74. The average molecular weight is 183 g/mol. The molecule has 0 spiro atoms. The molecule has 2 bridgehead atoms. The highest BCUT2D eigenvalue weighted by atomic mass is 35.5. The van der Waals surface area contributed by atoms with Crippen molar-refractivity contribution in [2.45, 2.75) is 6.42 Å². The molecule has 2 aliphatic carbocycles. The summed E-state index contributed by atoms with van der Waals surface area (Å²) >= 11 is 5.53. The Balaban J connectivity index is 2.28. The molecular weight excluding hydrogens is 172 g/mol. The molecule has 2 aliphatic rings. The summed E-state index contributed by atoms with van der Waals surface area (Å²) in [6, 6.07) is 0. The summed E-state index contributed by atoms with van der Waals surface area (Å²) < 4.78 is 0. The van der Waals surface area contributed by atoms with Crippen molar-refractivity contribution in [3.63, 3.8) is 0 Å². The zero-order valence-electron chi connectivity index (χ0n) is 6.74. The number of carbonyl (C=O) groups is 1. The molecular formula is C10H11ClO. The summed E-state index contributed by atoms with van der Waals surface area (Å²) in [6.45, 7) is 3.75. The van der Waals surface area contributed by atoms with E-state index in [1.54, 1.807) is 0 Å². The van der Waals surface area contributed by atoms with E-state index >= 15 is 0 Å². The van der Waals surface area contributed by atoms with E-state index < -0.39 is 0 Å². The van der Waals surface area contributed by atoms with Crippen molar-refractivity contribution in [3.8, 4) is 0 Å². The topological polar surface area (TPSA) is 17.1 Å². The maximum Gasteiger partial charge on any atom is 0.225 e. The van der Waals surface area contributed by atoms with Crippen molar-refractivity contribution in [1.82, 2.24) is 0 Å². The molecule has 12 heavy (non-hydrogen) atoms. The van der Waals surface area contributed by atoms with Crippen LogP contribution in [0, 0.1) is 23.7 Å². The van der Waals surface area contributed by atoms with Gasteiger partial charge in [-0.1, -0.05) is 18.2 Å². The lowest BCUT2D eigenvalue weighted by Crippen LogP contribution is -2.22. The van der Waals surface area contributed by atoms with E-state index in [2.05, 4.69) is 18.7 Å². The number of hydrogen-bond acceptors (Lipinski definition) is 1. The first kappa shape index (κ1) is 8.06. The standard InChI is InChI=1S/C10H11ClO/c1-2-8-6-3-4-7(5-6)9(8)10(11)12/h2-4,6-9H,1,5H2/t6?,7-,8?,9?/m1/s1. The van der Waals surface area contributed by atoms with E-state index in [-0.39, 0.29) is 17.1 Å². The molecule has 0 heterocycles. The SMILES string of the molecule is C=CC1C2C=C[C@H](C2)C1C(=O)Cl. The summed E-state index contributed by atoms with van der Waals surface area (Å²) in [5, 5.41) is -0.197. The second kappa shape index (κ2) is 2.74. The molecule has 4 atom stereocenters. The Labute approximate surface area is 77.1 Å². The summed E-state index contributed by atoms with van der Waals surface area (Å²) in [6.07, 6.45) is 7.27. The van der Waals surface area contributed by atoms with Crippen molar-refractivity contribution in [3.05, 3.63) is 24.8 Å². The number of halogens is 1. The van der Waals surface area contributed by atoms with E-state index in [0.717, 1.165) is 6.42 Å². The van der Waals surface area contributed by atoms with Gasteiger partial charge in [0.25, 0.3) is 0 Å². The highest BCUT2D eigenvalue weighted by molar-refractivity contribution is 6.64. The Morgan fingerprint density at radius 3 is 2.67 bits per heavy atom. The van der Waals surface area contributed by atoms with Crippen LogP contribution in [0.3, 0.4) is 0 Å². The van der Waals surface area contributed by atoms with Crippen molar-refractivity contribution in [1.29, 1.82) is 0 Å². The molecule has 0 aromatic rings. The fourth-order valence-corrected chi connectivity index (χ4v) is 2.81. The van der Waals surface area contributed by atoms with E-state index in [9.17, 15) is 4.79 Å². The average Bonchev–Trinajstić information content (AvgIpc) is 2.60. The van der Waals surface area contributed by atoms with Gasteiger partial charge in [0.2, 0.25) is 5.24 Å². The lowest BCUT2D eigenvalue weighted by atomic mass is 9.84. The highest BCUT2D eigenvalue weighted by Crippen LogP contribution is 2.49. The quantitative estimate of drug-likeness (QED) is 0.474. The molecule has 0 N–H and O–H groups in total. The zero-order chi connectivity index (χ0) is 8.72. The van der Waals surface area contributed by atoms with Gasteiger partial charge in [-0.3, -0.25) is 4.79 Å². The van der Waals surface area contributed by atoms with Gasteiger partial charge in [-0.25, -0.2) is 0 Å². The van der Waals surface area contributed by atoms with Gasteiger partial charge in [0.1, 0.15) is 0 Å². The third kappa shape index (κ3) is 0.962. The van der Waals surface area contributed by atoms with E-state index in [0.29, 0.717) is 11.8 Å². The fourth-order valence-electron chi connectivity index (χ4n) is 2.50. The lowest BCUT2D eigenvalue weighted by Gasteiger charge is -2.21. The molecule has 1 saturated carbocycles. The predicted molar refractivity (Wildman–Crippen MR) is 48.8 cm³/mol. The van der Waals surface area contributed by atoms with Crippen LogP contribution in [0.2, 0.25) is 0 Å². The van der Waals surface area contributed by atoms with E-state index in [4.69, 9.17) is 11.6 Å². The summed E-state index contributed by atoms with van der Waals surface area (Å²) in [5.74, 6) is 1.17. The largest absolute Gasteiger partial charge is 0.281 e. The van der Waals surface area contributed by atoms with Gasteiger partial charge in [-0.2, -0.15) is 0 Å². The molecule has 1 fully saturated rings. The zero-order valence-corrected chi connectivity index (χ0v) is 7.50. The van der Waals surface area contributed by atoms with Crippen molar-refractivity contribution in [2.75, 3.05) is 0 Å². The van der Waals surface area contributed by atoms with Crippen LogP contribution >= 0.6 is 11.6 Å². The van der Waals surface area contributed by atoms with Crippen LogP contribution < -0.4 is 0 Å². The minimum atomic E-state index is -0.197. The molecule has 0 aromatic carbocycles. The minimum Gasteiger partial charge on any atom is -0.281 e. The number of hydrogen-bond donors (Lipinski definition) is 0. The molecule has 0 amide bonds. The van der Waals surface area contributed by atoms with Crippen molar-refractivity contribution >= 4 is 16.8 Å². The van der Waals surface area contributed by atoms with Gasteiger partial charge in [-0.05, 0) is 35.8 Å². The monoisotopic (exact) mass is 182 g/mol. The van der Waals surface area contributed by atoms with Crippen molar-refractivity contribution in [2.24, 2.45) is 23.7 Å². The van der Waals surface area contributed by atoms with Crippen LogP contribution in [-0.2, 0) is 4.79 Å². The second-order valence-corrected chi connectivity index (χ2v) is 3.96. The summed E-state index contributed by atoms with van der Waals surface area (Å²) in [5.41, 5.74) is 0. The number of allylic oxidation sites excluding steroid dienone is 3. The van der Waals surface area contributed by atoms with E-state index in [1.807, 2.05) is 6.08 Å². The molecule has 1 nitrogen and oxygen atoms in total. The number of rotatable bonds is 2. The van der Waals surface area contributed by atoms with Crippen LogP contribution in [0.1, 0.15) is 6.42 Å². The Morgan fingerprint density at radius 1 is 1.50 bits per heavy atom. The maximum absolute atomic E-state index is 11.1. The Hall–Kier alpha value is -0.560. The fraction of sp³-hybridized carbons (Fsp3) is 0.500. The van der Waals surface area contributed by atoms with Gasteiger partial charge < -0.3 is 0 Å². The van der Waals surface area contributed by atoms with Gasteiger partial charge in [-0.15, -0.1) is 6.58 Å². The third-order valence-electron chi connectivity index (χ3n) is 3.05. The van der Waals surface area contributed by atoms with Gasteiger partial charge in [0.15, 0.2) is 0 Å². The number of fused-ring (bicyclic) bond motifs is 2. The van der Waals surface area contributed by atoms with Gasteiger partial charge >= 0.3 is 0 Å². The van der Waals surface area contributed by atoms with Crippen LogP contribution in [0.15, 0.2) is 24.8 Å². The molecule has 0 aliphatic heterocycles. The normalized spacial score (nSPS) is 43.4. The van der Waals surface area contributed by atoms with E-state index in [1.165, 1.54) is 0 Å². The van der Waals surface area contributed by atoms with Crippen molar-refractivity contribution < 1.29 is 4.79 Å². The molecule has 2 heteroatoms. The maximum atomic E-state index is 11.1. The van der Waals surface area contributed by atoms with Gasteiger partial charge in [0, 0.05) is 5.92 Å². The Morgan fingerprint density at radius 2 is 2.17 bits per heavy atom. The molecule has 2 rings (SSSR count). The molecule has 3 unspecified atom stereocenters. The third-order valence-corrected chi connectivity index (χ3v) is 3.31. The number of carbonyl (C=O) groups excluding carboxylic acids is 1. The van der Waals surface area contributed by atoms with Crippen LogP contribution in [0.5, 0.6) is 0 Å². The Bertz CT molecular complexity index is 257. The molecule has 0 saturated heterocycles. The van der Waals surface area contributed by atoms with Crippen LogP contribution in [0.4, 0.5) is 0 Å². The first-order valence-electron chi connectivity index (χ1n) is 4.24.